The fourth-order valence-electron chi connectivity index (χ4n) is 1.56. The summed E-state index contributed by atoms with van der Waals surface area (Å²) in [5.74, 6) is -0.312. The molecule has 0 saturated heterocycles. The van der Waals surface area contributed by atoms with Gasteiger partial charge in [0.05, 0.1) is 0 Å². The molecule has 1 aromatic carbocycles. The molecule has 0 fully saturated rings. The third kappa shape index (κ3) is 4.53. The van der Waals surface area contributed by atoms with E-state index in [0.29, 0.717) is 12.1 Å². The number of rotatable bonds is 4. The molecule has 0 saturated carbocycles. The predicted molar refractivity (Wildman–Crippen MR) is 75.0 cm³/mol. The third-order valence-electron chi connectivity index (χ3n) is 2.51. The molecule has 0 atom stereocenters. The maximum absolute atomic E-state index is 12.9. The highest BCUT2D eigenvalue weighted by molar-refractivity contribution is 5.75. The Hall–Kier alpha value is -2.69. The average molecular weight is 271 g/mol. The quantitative estimate of drug-likeness (QED) is 0.898. The SMILES string of the molecule is O=C(N/C=C/c1cccc(F)c1)NCc1cccnc1. The summed E-state index contributed by atoms with van der Waals surface area (Å²) in [6.45, 7) is 0.396. The van der Waals surface area contributed by atoms with E-state index in [4.69, 9.17) is 0 Å². The van der Waals surface area contributed by atoms with Crippen LogP contribution >= 0.6 is 0 Å². The lowest BCUT2D eigenvalue weighted by Crippen LogP contribution is -2.31. The molecule has 5 heteroatoms. The van der Waals surface area contributed by atoms with Crippen LogP contribution in [0.1, 0.15) is 11.1 Å². The molecule has 0 spiro atoms. The molecule has 1 heterocycles. The Balaban J connectivity index is 1.78. The number of benzene rings is 1. The molecule has 2 rings (SSSR count). The molecule has 2 amide bonds. The Kier molecular flexibility index (Phi) is 4.83. The van der Waals surface area contributed by atoms with Gasteiger partial charge in [-0.2, -0.15) is 0 Å². The van der Waals surface area contributed by atoms with Gasteiger partial charge in [0, 0.05) is 25.1 Å². The van der Waals surface area contributed by atoms with Gasteiger partial charge >= 0.3 is 6.03 Å². The average Bonchev–Trinajstić information content (AvgIpc) is 2.46. The summed E-state index contributed by atoms with van der Waals surface area (Å²) < 4.78 is 12.9. The normalized spacial score (nSPS) is 10.4. The van der Waals surface area contributed by atoms with Crippen molar-refractivity contribution in [3.8, 4) is 0 Å². The van der Waals surface area contributed by atoms with Crippen LogP contribution in [0.15, 0.2) is 55.0 Å². The first kappa shape index (κ1) is 13.7. The van der Waals surface area contributed by atoms with Crippen molar-refractivity contribution in [3.63, 3.8) is 0 Å². The highest BCUT2D eigenvalue weighted by Crippen LogP contribution is 2.04. The molecule has 2 aromatic rings. The van der Waals surface area contributed by atoms with Crippen molar-refractivity contribution in [3.05, 3.63) is 71.9 Å². The number of pyridine rings is 1. The van der Waals surface area contributed by atoms with Gasteiger partial charge in [0.25, 0.3) is 0 Å². The molecule has 0 radical (unpaired) electrons. The topological polar surface area (TPSA) is 54.0 Å². The summed E-state index contributed by atoms with van der Waals surface area (Å²) in [4.78, 5) is 15.5. The summed E-state index contributed by atoms with van der Waals surface area (Å²) in [5.41, 5.74) is 1.59. The van der Waals surface area contributed by atoms with Crippen molar-refractivity contribution >= 4 is 12.1 Å². The fourth-order valence-corrected chi connectivity index (χ4v) is 1.56. The van der Waals surface area contributed by atoms with Gasteiger partial charge in [-0.05, 0) is 35.4 Å². The van der Waals surface area contributed by atoms with E-state index in [1.807, 2.05) is 6.07 Å². The van der Waals surface area contributed by atoms with Crippen molar-refractivity contribution in [2.24, 2.45) is 0 Å². The Labute approximate surface area is 116 Å². The molecule has 0 bridgehead atoms. The summed E-state index contributed by atoms with van der Waals surface area (Å²) >= 11 is 0. The van der Waals surface area contributed by atoms with Crippen LogP contribution in [-0.2, 0) is 6.54 Å². The molecule has 0 aliphatic carbocycles. The minimum Gasteiger partial charge on any atom is -0.334 e. The van der Waals surface area contributed by atoms with E-state index in [0.717, 1.165) is 5.56 Å². The van der Waals surface area contributed by atoms with Crippen LogP contribution in [0.25, 0.3) is 6.08 Å². The van der Waals surface area contributed by atoms with Crippen molar-refractivity contribution in [1.82, 2.24) is 15.6 Å². The molecule has 20 heavy (non-hydrogen) atoms. The van der Waals surface area contributed by atoms with Gasteiger partial charge in [0.2, 0.25) is 0 Å². The van der Waals surface area contributed by atoms with Crippen LogP contribution in [0.5, 0.6) is 0 Å². The lowest BCUT2D eigenvalue weighted by Gasteiger charge is -2.04. The monoisotopic (exact) mass is 271 g/mol. The minimum absolute atomic E-state index is 0.312. The zero-order chi connectivity index (χ0) is 14.2. The van der Waals surface area contributed by atoms with Crippen molar-refractivity contribution in [2.75, 3.05) is 0 Å². The number of hydrogen-bond acceptors (Lipinski definition) is 2. The second-order valence-corrected chi connectivity index (χ2v) is 4.08. The van der Waals surface area contributed by atoms with E-state index in [-0.39, 0.29) is 11.8 Å². The van der Waals surface area contributed by atoms with Gasteiger partial charge < -0.3 is 10.6 Å². The van der Waals surface area contributed by atoms with Gasteiger partial charge in [-0.25, -0.2) is 9.18 Å². The lowest BCUT2D eigenvalue weighted by molar-refractivity contribution is 0.244. The number of nitrogens with zero attached hydrogens (tertiary/aromatic N) is 1. The van der Waals surface area contributed by atoms with Crippen molar-refractivity contribution < 1.29 is 9.18 Å². The van der Waals surface area contributed by atoms with Crippen LogP contribution in [-0.4, -0.2) is 11.0 Å². The first-order valence-corrected chi connectivity index (χ1v) is 6.09. The standard InChI is InChI=1S/C15H14FN3O/c16-14-5-1-3-12(9-14)6-8-18-15(20)19-11-13-4-2-7-17-10-13/h1-10H,11H2,(H2,18,19,20)/b8-6+. The zero-order valence-corrected chi connectivity index (χ0v) is 10.7. The number of urea groups is 1. The van der Waals surface area contributed by atoms with Crippen LogP contribution < -0.4 is 10.6 Å². The van der Waals surface area contributed by atoms with E-state index < -0.39 is 0 Å². The molecule has 102 valence electrons. The lowest BCUT2D eigenvalue weighted by atomic mass is 10.2. The number of nitrogens with one attached hydrogen (secondary N) is 2. The van der Waals surface area contributed by atoms with Gasteiger partial charge in [0.1, 0.15) is 5.82 Å². The van der Waals surface area contributed by atoms with E-state index in [1.54, 1.807) is 36.7 Å². The van der Waals surface area contributed by atoms with Crippen LogP contribution in [0, 0.1) is 5.82 Å². The Bertz CT molecular complexity index is 599. The second-order valence-electron chi connectivity index (χ2n) is 4.08. The molecule has 1 aromatic heterocycles. The summed E-state index contributed by atoms with van der Waals surface area (Å²) in [6.07, 6.45) is 6.44. The number of carbonyl (C=O) groups is 1. The zero-order valence-electron chi connectivity index (χ0n) is 10.7. The smallest absolute Gasteiger partial charge is 0.319 e. The van der Waals surface area contributed by atoms with E-state index >= 15 is 0 Å². The van der Waals surface area contributed by atoms with Gasteiger partial charge in [-0.1, -0.05) is 18.2 Å². The Morgan fingerprint density at radius 1 is 1.30 bits per heavy atom. The Morgan fingerprint density at radius 3 is 2.95 bits per heavy atom. The van der Waals surface area contributed by atoms with Gasteiger partial charge in [0.15, 0.2) is 0 Å². The molecule has 0 unspecified atom stereocenters. The molecule has 0 aliphatic heterocycles. The minimum atomic E-state index is -0.332. The molecular formula is C15H14FN3O. The maximum atomic E-state index is 12.9. The summed E-state index contributed by atoms with van der Waals surface area (Å²) in [6, 6.07) is 9.44. The number of halogens is 1. The fraction of sp³-hybridized carbons (Fsp3) is 0.0667. The highest BCUT2D eigenvalue weighted by atomic mass is 19.1. The Morgan fingerprint density at radius 2 is 2.20 bits per heavy atom. The molecule has 4 nitrogen and oxygen atoms in total. The van der Waals surface area contributed by atoms with Crippen molar-refractivity contribution in [1.29, 1.82) is 0 Å². The van der Waals surface area contributed by atoms with Crippen molar-refractivity contribution in [2.45, 2.75) is 6.54 Å². The van der Waals surface area contributed by atoms with E-state index in [2.05, 4.69) is 15.6 Å². The molecule has 2 N–H and O–H groups in total. The largest absolute Gasteiger partial charge is 0.334 e. The molecular weight excluding hydrogens is 257 g/mol. The number of amides is 2. The number of hydrogen-bond donors (Lipinski definition) is 2. The van der Waals surface area contributed by atoms with Crippen LogP contribution in [0.2, 0.25) is 0 Å². The van der Waals surface area contributed by atoms with Gasteiger partial charge in [-0.15, -0.1) is 0 Å². The van der Waals surface area contributed by atoms with Crippen LogP contribution in [0.4, 0.5) is 9.18 Å². The van der Waals surface area contributed by atoms with Crippen LogP contribution in [0.3, 0.4) is 0 Å². The van der Waals surface area contributed by atoms with Gasteiger partial charge in [-0.3, -0.25) is 4.98 Å². The summed E-state index contributed by atoms with van der Waals surface area (Å²) in [7, 11) is 0. The second kappa shape index (κ2) is 7.04. The number of carbonyl (C=O) groups excluding carboxylic acids is 1. The molecule has 0 aliphatic rings. The van der Waals surface area contributed by atoms with E-state index in [1.165, 1.54) is 18.3 Å². The first-order valence-electron chi connectivity index (χ1n) is 6.09. The first-order chi connectivity index (χ1) is 9.74. The third-order valence-corrected chi connectivity index (χ3v) is 2.51. The summed E-state index contributed by atoms with van der Waals surface area (Å²) in [5, 5.41) is 5.23. The highest BCUT2D eigenvalue weighted by Gasteiger charge is 1.97. The predicted octanol–water partition coefficient (Wildman–Crippen LogP) is 2.69. The maximum Gasteiger partial charge on any atom is 0.319 e. The van der Waals surface area contributed by atoms with E-state index in [9.17, 15) is 9.18 Å². The number of aromatic nitrogens is 1.